The van der Waals surface area contributed by atoms with Crippen molar-refractivity contribution in [3.63, 3.8) is 0 Å². The molecule has 0 radical (unpaired) electrons. The number of ether oxygens (including phenoxy) is 1. The first kappa shape index (κ1) is 19.1. The maximum atomic E-state index is 12.2. The van der Waals surface area contributed by atoms with Crippen molar-refractivity contribution in [3.05, 3.63) is 42.2 Å². The average molecular weight is 363 g/mol. The van der Waals surface area contributed by atoms with Gasteiger partial charge in [-0.25, -0.2) is 9.97 Å². The topological polar surface area (TPSA) is 90.1 Å². The van der Waals surface area contributed by atoms with E-state index in [9.17, 15) is 4.79 Å². The molecule has 1 aromatic carbocycles. The van der Waals surface area contributed by atoms with Gasteiger partial charge in [0, 0.05) is 30.5 Å². The van der Waals surface area contributed by atoms with Crippen molar-refractivity contribution in [2.45, 2.75) is 38.6 Å². The van der Waals surface area contributed by atoms with E-state index in [4.69, 9.17) is 10.5 Å². The summed E-state index contributed by atoms with van der Waals surface area (Å²) in [6, 6.07) is 7.66. The molecular weight excluding hydrogens is 340 g/mol. The van der Waals surface area contributed by atoms with Gasteiger partial charge in [-0.1, -0.05) is 6.42 Å². The number of amides is 1. The quantitative estimate of drug-likeness (QED) is 0.850. The highest BCUT2D eigenvalue weighted by molar-refractivity contribution is 5.91. The number of nitrogens with one attached hydrogen (secondary N) is 1. The van der Waals surface area contributed by atoms with Gasteiger partial charge < -0.3 is 15.8 Å². The van der Waals surface area contributed by atoms with Gasteiger partial charge in [-0.2, -0.15) is 0 Å². The van der Waals surface area contributed by atoms with Gasteiger partial charge in [-0.05, 0) is 55.5 Å². The Morgan fingerprint density at radius 1 is 1.32 bits per heavy atom. The van der Waals surface area contributed by atoms with Crippen molar-refractivity contribution in [2.24, 2.45) is 11.7 Å². The first-order valence-electron chi connectivity index (χ1n) is 8.23. The lowest BCUT2D eigenvalue weighted by Crippen LogP contribution is -2.28. The zero-order valence-corrected chi connectivity index (χ0v) is 15.0. The van der Waals surface area contributed by atoms with Crippen LogP contribution >= 0.6 is 12.4 Å². The van der Waals surface area contributed by atoms with E-state index in [0.29, 0.717) is 24.1 Å². The number of nitrogens with two attached hydrogens (primary N) is 1. The van der Waals surface area contributed by atoms with Crippen LogP contribution in [0, 0.1) is 12.8 Å². The van der Waals surface area contributed by atoms with Gasteiger partial charge in [-0.3, -0.25) is 4.79 Å². The molecule has 3 rings (SSSR count). The van der Waals surface area contributed by atoms with Crippen molar-refractivity contribution in [2.75, 3.05) is 5.32 Å². The number of benzene rings is 1. The fourth-order valence-electron chi connectivity index (χ4n) is 3.04. The lowest BCUT2D eigenvalue weighted by Gasteiger charge is -2.16. The number of hydrogen-bond donors (Lipinski definition) is 2. The Morgan fingerprint density at radius 2 is 2.08 bits per heavy atom. The third kappa shape index (κ3) is 5.14. The highest BCUT2D eigenvalue weighted by Gasteiger charge is 2.26. The van der Waals surface area contributed by atoms with Crippen molar-refractivity contribution >= 4 is 24.0 Å². The first-order chi connectivity index (χ1) is 11.6. The average Bonchev–Trinajstić information content (AvgIpc) is 2.96. The summed E-state index contributed by atoms with van der Waals surface area (Å²) in [7, 11) is 0. The van der Waals surface area contributed by atoms with Crippen LogP contribution in [0.25, 0.3) is 0 Å². The molecule has 0 spiro atoms. The Hall–Kier alpha value is -2.18. The van der Waals surface area contributed by atoms with E-state index in [1.54, 1.807) is 24.5 Å². The number of aryl methyl sites for hydroxylation is 1. The first-order valence-corrected chi connectivity index (χ1v) is 8.23. The molecule has 2 atom stereocenters. The highest BCUT2D eigenvalue weighted by atomic mass is 35.5. The summed E-state index contributed by atoms with van der Waals surface area (Å²) in [4.78, 5) is 20.3. The van der Waals surface area contributed by atoms with Crippen molar-refractivity contribution in [1.82, 2.24) is 9.97 Å². The van der Waals surface area contributed by atoms with E-state index < -0.39 is 0 Å². The van der Waals surface area contributed by atoms with Crippen LogP contribution in [0.5, 0.6) is 11.8 Å². The Bertz CT molecular complexity index is 711. The molecule has 1 saturated carbocycles. The van der Waals surface area contributed by atoms with Crippen molar-refractivity contribution in [3.8, 4) is 11.8 Å². The minimum atomic E-state index is 0. The van der Waals surface area contributed by atoms with Gasteiger partial charge in [0.1, 0.15) is 5.75 Å². The van der Waals surface area contributed by atoms with Crippen LogP contribution in [0.2, 0.25) is 0 Å². The third-order valence-corrected chi connectivity index (χ3v) is 4.39. The summed E-state index contributed by atoms with van der Waals surface area (Å²) in [6.45, 7) is 1.93. The van der Waals surface area contributed by atoms with Gasteiger partial charge in [0.15, 0.2) is 0 Å². The second kappa shape index (κ2) is 8.78. The smallest absolute Gasteiger partial charge is 0.321 e. The number of carbonyl (C=O) groups is 1. The number of anilines is 1. The molecule has 1 amide bonds. The Balaban J connectivity index is 0.00000225. The lowest BCUT2D eigenvalue weighted by atomic mass is 10.00. The van der Waals surface area contributed by atoms with Crippen LogP contribution in [-0.4, -0.2) is 21.9 Å². The van der Waals surface area contributed by atoms with Crippen molar-refractivity contribution < 1.29 is 9.53 Å². The summed E-state index contributed by atoms with van der Waals surface area (Å²) in [6.07, 6.45) is 6.90. The number of nitrogens with zero attached hydrogens (tertiary/aromatic N) is 2. The van der Waals surface area contributed by atoms with Gasteiger partial charge >= 0.3 is 6.01 Å². The Morgan fingerprint density at radius 3 is 2.72 bits per heavy atom. The summed E-state index contributed by atoms with van der Waals surface area (Å²) < 4.78 is 5.59. The molecular formula is C18H23ClN4O2. The molecule has 7 heteroatoms. The standard InChI is InChI=1S/C18H22N4O2.ClH/c1-12-10-14(24-18-20-8-3-9-21-18)6-7-16(12)22-17(23)11-13-4-2-5-15(13)19;/h3,6-10,13,15H,2,4-5,11,19H2,1H3,(H,22,23);1H/t13-,15+;/m0./s1. The molecule has 3 N–H and O–H groups in total. The molecule has 1 aliphatic carbocycles. The fourth-order valence-corrected chi connectivity index (χ4v) is 3.04. The number of carbonyl (C=O) groups excluding carboxylic acids is 1. The highest BCUT2D eigenvalue weighted by Crippen LogP contribution is 2.28. The number of rotatable bonds is 5. The van der Waals surface area contributed by atoms with Crippen LogP contribution in [0.1, 0.15) is 31.2 Å². The molecule has 25 heavy (non-hydrogen) atoms. The summed E-state index contributed by atoms with van der Waals surface area (Å²) >= 11 is 0. The van der Waals surface area contributed by atoms with Crippen LogP contribution in [0.3, 0.4) is 0 Å². The minimum absolute atomic E-state index is 0. The molecule has 1 aromatic heterocycles. The Labute approximate surface area is 153 Å². The van der Waals surface area contributed by atoms with E-state index in [-0.39, 0.29) is 24.4 Å². The second-order valence-electron chi connectivity index (χ2n) is 6.22. The molecule has 0 unspecified atom stereocenters. The van der Waals surface area contributed by atoms with E-state index >= 15 is 0 Å². The normalized spacial score (nSPS) is 19.1. The van der Waals surface area contributed by atoms with Crippen LogP contribution in [-0.2, 0) is 4.79 Å². The van der Waals surface area contributed by atoms with Gasteiger partial charge in [0.25, 0.3) is 0 Å². The van der Waals surface area contributed by atoms with Crippen molar-refractivity contribution in [1.29, 1.82) is 0 Å². The summed E-state index contributed by atoms with van der Waals surface area (Å²) in [5, 5.41) is 2.97. The molecule has 0 aliphatic heterocycles. The number of halogens is 1. The van der Waals surface area contributed by atoms with E-state index in [0.717, 1.165) is 30.5 Å². The molecule has 0 bridgehead atoms. The fraction of sp³-hybridized carbons (Fsp3) is 0.389. The maximum Gasteiger partial charge on any atom is 0.321 e. The molecule has 134 valence electrons. The molecule has 6 nitrogen and oxygen atoms in total. The summed E-state index contributed by atoms with van der Waals surface area (Å²) in [5.41, 5.74) is 7.74. The monoisotopic (exact) mass is 362 g/mol. The van der Waals surface area contributed by atoms with E-state index in [2.05, 4.69) is 15.3 Å². The SMILES string of the molecule is Cc1cc(Oc2ncccn2)ccc1NC(=O)C[C@@H]1CCC[C@H]1N.Cl. The minimum Gasteiger partial charge on any atom is -0.424 e. The van der Waals surface area contributed by atoms with Crippen LogP contribution in [0.15, 0.2) is 36.7 Å². The molecule has 2 aromatic rings. The molecule has 1 aliphatic rings. The van der Waals surface area contributed by atoms with E-state index in [1.165, 1.54) is 0 Å². The third-order valence-electron chi connectivity index (χ3n) is 4.39. The largest absolute Gasteiger partial charge is 0.424 e. The summed E-state index contributed by atoms with van der Waals surface area (Å²) in [5.74, 6) is 0.943. The number of hydrogen-bond acceptors (Lipinski definition) is 5. The zero-order chi connectivity index (χ0) is 16.9. The molecule has 0 saturated heterocycles. The lowest BCUT2D eigenvalue weighted by molar-refractivity contribution is -0.117. The number of aromatic nitrogens is 2. The predicted molar refractivity (Wildman–Crippen MR) is 99.1 cm³/mol. The van der Waals surface area contributed by atoms with E-state index in [1.807, 2.05) is 19.1 Å². The Kier molecular flexibility index (Phi) is 6.73. The van der Waals surface area contributed by atoms with Crippen LogP contribution < -0.4 is 15.8 Å². The molecule has 1 fully saturated rings. The van der Waals surface area contributed by atoms with Gasteiger partial charge in [0.2, 0.25) is 5.91 Å². The second-order valence-corrected chi connectivity index (χ2v) is 6.22. The van der Waals surface area contributed by atoms with Gasteiger partial charge in [-0.15, -0.1) is 12.4 Å². The maximum absolute atomic E-state index is 12.2. The van der Waals surface area contributed by atoms with Crippen LogP contribution in [0.4, 0.5) is 5.69 Å². The zero-order valence-electron chi connectivity index (χ0n) is 14.1. The predicted octanol–water partition coefficient (Wildman–Crippen LogP) is 3.46. The molecule has 1 heterocycles. The van der Waals surface area contributed by atoms with Gasteiger partial charge in [0.05, 0.1) is 0 Å².